The Hall–Kier alpha value is -1.45. The van der Waals surface area contributed by atoms with Crippen molar-refractivity contribution in [1.82, 2.24) is 4.98 Å². The average molecular weight is 203 g/mol. The summed E-state index contributed by atoms with van der Waals surface area (Å²) >= 11 is 0. The molecule has 0 aliphatic rings. The molecule has 3 nitrogen and oxygen atoms in total. The molecule has 0 aliphatic heterocycles. The molecular formula is C12H13NO2. The van der Waals surface area contributed by atoms with Crippen LogP contribution in [0.5, 0.6) is 0 Å². The molecule has 2 aromatic rings. The van der Waals surface area contributed by atoms with E-state index in [-0.39, 0.29) is 6.61 Å². The van der Waals surface area contributed by atoms with Crippen molar-refractivity contribution in [3.63, 3.8) is 0 Å². The number of hydrogen-bond donors (Lipinski definition) is 2. The Kier molecular flexibility index (Phi) is 2.66. The summed E-state index contributed by atoms with van der Waals surface area (Å²) in [7, 11) is 0. The van der Waals surface area contributed by atoms with E-state index in [0.29, 0.717) is 5.56 Å². The van der Waals surface area contributed by atoms with Crippen LogP contribution in [0.1, 0.15) is 17.2 Å². The molecule has 0 aliphatic carbocycles. The van der Waals surface area contributed by atoms with Gasteiger partial charge in [0.1, 0.15) is 6.10 Å². The van der Waals surface area contributed by atoms with Crippen LogP contribution < -0.4 is 0 Å². The number of aliphatic hydroxyl groups excluding tert-OH is 2. The van der Waals surface area contributed by atoms with Gasteiger partial charge in [-0.2, -0.15) is 0 Å². The van der Waals surface area contributed by atoms with Gasteiger partial charge in [-0.05, 0) is 24.6 Å². The minimum Gasteiger partial charge on any atom is -0.393 e. The van der Waals surface area contributed by atoms with E-state index >= 15 is 0 Å². The fraction of sp³-hybridized carbons (Fsp3) is 0.250. The topological polar surface area (TPSA) is 53.4 Å². The lowest BCUT2D eigenvalue weighted by atomic mass is 10.1. The van der Waals surface area contributed by atoms with Crippen LogP contribution in [0.25, 0.3) is 10.9 Å². The molecule has 2 N–H and O–H groups in total. The van der Waals surface area contributed by atoms with Crippen molar-refractivity contribution in [2.75, 3.05) is 6.61 Å². The van der Waals surface area contributed by atoms with Gasteiger partial charge < -0.3 is 10.2 Å². The first-order valence-corrected chi connectivity index (χ1v) is 4.86. The molecule has 15 heavy (non-hydrogen) atoms. The molecule has 3 heteroatoms. The Labute approximate surface area is 88.0 Å². The van der Waals surface area contributed by atoms with Gasteiger partial charge in [0.05, 0.1) is 12.1 Å². The molecule has 0 fully saturated rings. The minimum absolute atomic E-state index is 0.279. The summed E-state index contributed by atoms with van der Waals surface area (Å²) in [6, 6.07) is 7.80. The molecule has 0 saturated heterocycles. The second-order valence-electron chi connectivity index (χ2n) is 3.66. The highest BCUT2D eigenvalue weighted by atomic mass is 16.3. The van der Waals surface area contributed by atoms with E-state index in [1.807, 2.05) is 31.2 Å². The second kappa shape index (κ2) is 3.96. The van der Waals surface area contributed by atoms with Gasteiger partial charge in [-0.3, -0.25) is 4.98 Å². The fourth-order valence-electron chi connectivity index (χ4n) is 1.54. The summed E-state index contributed by atoms with van der Waals surface area (Å²) in [5.41, 5.74) is 2.71. The van der Waals surface area contributed by atoms with Gasteiger partial charge in [-0.25, -0.2) is 0 Å². The number of rotatable bonds is 2. The number of hydrogen-bond acceptors (Lipinski definition) is 3. The van der Waals surface area contributed by atoms with Crippen LogP contribution in [-0.2, 0) is 0 Å². The van der Waals surface area contributed by atoms with Crippen LogP contribution in [0.4, 0.5) is 0 Å². The second-order valence-corrected chi connectivity index (χ2v) is 3.66. The van der Waals surface area contributed by atoms with Crippen molar-refractivity contribution in [1.29, 1.82) is 0 Å². The van der Waals surface area contributed by atoms with E-state index in [9.17, 15) is 5.11 Å². The van der Waals surface area contributed by atoms with E-state index in [1.165, 1.54) is 0 Å². The third-order valence-corrected chi connectivity index (χ3v) is 2.42. The summed E-state index contributed by atoms with van der Waals surface area (Å²) in [6.45, 7) is 1.73. The van der Waals surface area contributed by atoms with Crippen molar-refractivity contribution in [3.8, 4) is 0 Å². The lowest BCUT2D eigenvalue weighted by Gasteiger charge is -2.08. The van der Waals surface area contributed by atoms with E-state index in [0.717, 1.165) is 16.5 Å². The molecule has 0 radical (unpaired) electrons. The molecule has 1 heterocycles. The Bertz CT molecular complexity index is 482. The van der Waals surface area contributed by atoms with Crippen LogP contribution in [-0.4, -0.2) is 21.8 Å². The molecule has 0 amide bonds. The smallest absolute Gasteiger partial charge is 0.104 e. The van der Waals surface area contributed by atoms with Gasteiger partial charge in [0.2, 0.25) is 0 Å². The van der Waals surface area contributed by atoms with E-state index < -0.39 is 6.10 Å². The highest BCUT2D eigenvalue weighted by molar-refractivity contribution is 5.79. The summed E-state index contributed by atoms with van der Waals surface area (Å²) in [6.07, 6.45) is 0.756. The fourth-order valence-corrected chi connectivity index (χ4v) is 1.54. The van der Waals surface area contributed by atoms with Crippen LogP contribution >= 0.6 is 0 Å². The number of aliphatic hydroxyl groups is 2. The third kappa shape index (κ3) is 1.98. The first-order chi connectivity index (χ1) is 7.20. The van der Waals surface area contributed by atoms with E-state index in [1.54, 1.807) is 6.20 Å². The Morgan fingerprint density at radius 1 is 1.33 bits per heavy atom. The number of fused-ring (bicyclic) bond motifs is 1. The lowest BCUT2D eigenvalue weighted by Crippen LogP contribution is -2.02. The summed E-state index contributed by atoms with van der Waals surface area (Å²) in [5.74, 6) is 0. The molecule has 1 aromatic heterocycles. The molecular weight excluding hydrogens is 190 g/mol. The number of benzene rings is 1. The van der Waals surface area contributed by atoms with E-state index in [2.05, 4.69) is 4.98 Å². The zero-order valence-corrected chi connectivity index (χ0v) is 8.51. The predicted octanol–water partition coefficient (Wildman–Crippen LogP) is 1.57. The van der Waals surface area contributed by atoms with Crippen molar-refractivity contribution in [3.05, 3.63) is 41.6 Å². The molecule has 0 spiro atoms. The van der Waals surface area contributed by atoms with Gasteiger partial charge in [0.15, 0.2) is 0 Å². The zero-order chi connectivity index (χ0) is 10.8. The average Bonchev–Trinajstić information content (AvgIpc) is 2.27. The van der Waals surface area contributed by atoms with Gasteiger partial charge >= 0.3 is 0 Å². The van der Waals surface area contributed by atoms with Gasteiger partial charge in [-0.1, -0.05) is 12.1 Å². The summed E-state index contributed by atoms with van der Waals surface area (Å²) < 4.78 is 0. The number of pyridine rings is 1. The van der Waals surface area contributed by atoms with Gasteiger partial charge in [0, 0.05) is 17.1 Å². The molecule has 0 saturated carbocycles. The first kappa shape index (κ1) is 10.1. The standard InChI is InChI=1S/C12H13NO2/c1-8-2-3-9-5-10(12(15)7-14)6-13-11(9)4-8/h2-6,12,14-15H,7H2,1H3. The molecule has 2 rings (SSSR count). The highest BCUT2D eigenvalue weighted by Gasteiger charge is 2.06. The third-order valence-electron chi connectivity index (χ3n) is 2.42. The number of nitrogens with zero attached hydrogens (tertiary/aromatic N) is 1. The maximum absolute atomic E-state index is 9.45. The molecule has 1 atom stereocenters. The maximum Gasteiger partial charge on any atom is 0.104 e. The van der Waals surface area contributed by atoms with Gasteiger partial charge in [0.25, 0.3) is 0 Å². The molecule has 0 bridgehead atoms. The quantitative estimate of drug-likeness (QED) is 0.779. The summed E-state index contributed by atoms with van der Waals surface area (Å²) in [5, 5.41) is 19.3. The van der Waals surface area contributed by atoms with E-state index in [4.69, 9.17) is 5.11 Å². The van der Waals surface area contributed by atoms with Crippen LogP contribution in [0.2, 0.25) is 0 Å². The Morgan fingerprint density at radius 2 is 2.13 bits per heavy atom. The van der Waals surface area contributed by atoms with Gasteiger partial charge in [-0.15, -0.1) is 0 Å². The normalized spacial score (nSPS) is 13.0. The molecule has 1 unspecified atom stereocenters. The Balaban J connectivity index is 2.52. The van der Waals surface area contributed by atoms with Crippen molar-refractivity contribution < 1.29 is 10.2 Å². The SMILES string of the molecule is Cc1ccc2cc(C(O)CO)cnc2c1. The van der Waals surface area contributed by atoms with Crippen molar-refractivity contribution in [2.45, 2.75) is 13.0 Å². The zero-order valence-electron chi connectivity index (χ0n) is 8.51. The highest BCUT2D eigenvalue weighted by Crippen LogP contribution is 2.18. The monoisotopic (exact) mass is 203 g/mol. The number of aryl methyl sites for hydroxylation is 1. The predicted molar refractivity (Wildman–Crippen MR) is 58.5 cm³/mol. The molecule has 78 valence electrons. The van der Waals surface area contributed by atoms with Crippen LogP contribution in [0.3, 0.4) is 0 Å². The van der Waals surface area contributed by atoms with Crippen LogP contribution in [0, 0.1) is 6.92 Å². The van der Waals surface area contributed by atoms with Crippen molar-refractivity contribution >= 4 is 10.9 Å². The maximum atomic E-state index is 9.45. The minimum atomic E-state index is -0.844. The Morgan fingerprint density at radius 3 is 2.87 bits per heavy atom. The number of aromatic nitrogens is 1. The molecule has 1 aromatic carbocycles. The summed E-state index contributed by atoms with van der Waals surface area (Å²) in [4.78, 5) is 4.24. The van der Waals surface area contributed by atoms with Crippen molar-refractivity contribution in [2.24, 2.45) is 0 Å². The van der Waals surface area contributed by atoms with Crippen LogP contribution in [0.15, 0.2) is 30.5 Å². The lowest BCUT2D eigenvalue weighted by molar-refractivity contribution is 0.0955. The largest absolute Gasteiger partial charge is 0.393 e. The first-order valence-electron chi connectivity index (χ1n) is 4.86.